The molecule has 1 aromatic rings. The van der Waals surface area contributed by atoms with E-state index in [9.17, 15) is 14.9 Å². The van der Waals surface area contributed by atoms with Crippen molar-refractivity contribution < 1.29 is 9.72 Å². The summed E-state index contributed by atoms with van der Waals surface area (Å²) in [6.45, 7) is 4.19. The first-order valence-electron chi connectivity index (χ1n) is 5.93. The summed E-state index contributed by atoms with van der Waals surface area (Å²) >= 11 is 6.08. The molecule has 1 aliphatic rings. The summed E-state index contributed by atoms with van der Waals surface area (Å²) < 4.78 is 0. The predicted molar refractivity (Wildman–Crippen MR) is 72.6 cm³/mol. The summed E-state index contributed by atoms with van der Waals surface area (Å²) in [6, 6.07) is 4.46. The molecule has 6 nitrogen and oxygen atoms in total. The van der Waals surface area contributed by atoms with Gasteiger partial charge in [-0.1, -0.05) is 11.6 Å². The van der Waals surface area contributed by atoms with Crippen LogP contribution in [0.2, 0.25) is 5.02 Å². The zero-order chi connectivity index (χ0) is 14.0. The highest BCUT2D eigenvalue weighted by Gasteiger charge is 2.21. The van der Waals surface area contributed by atoms with E-state index in [1.807, 2.05) is 4.90 Å². The number of nitro benzene ring substituents is 1. The van der Waals surface area contributed by atoms with Crippen LogP contribution >= 0.6 is 11.6 Å². The van der Waals surface area contributed by atoms with Crippen LogP contribution in [0.4, 0.5) is 11.4 Å². The van der Waals surface area contributed by atoms with Gasteiger partial charge in [-0.3, -0.25) is 14.9 Å². The van der Waals surface area contributed by atoms with Crippen molar-refractivity contribution in [2.75, 3.05) is 31.1 Å². The van der Waals surface area contributed by atoms with Crippen molar-refractivity contribution in [2.24, 2.45) is 0 Å². The second-order valence-corrected chi connectivity index (χ2v) is 4.79. The second-order valence-electron chi connectivity index (χ2n) is 4.39. The highest BCUT2D eigenvalue weighted by molar-refractivity contribution is 6.33. The number of benzene rings is 1. The van der Waals surface area contributed by atoms with E-state index in [1.54, 1.807) is 17.9 Å². The molecule has 0 atom stereocenters. The van der Waals surface area contributed by atoms with Crippen molar-refractivity contribution >= 4 is 28.9 Å². The Kier molecular flexibility index (Phi) is 3.90. The van der Waals surface area contributed by atoms with E-state index >= 15 is 0 Å². The van der Waals surface area contributed by atoms with Crippen LogP contribution in [-0.4, -0.2) is 41.9 Å². The van der Waals surface area contributed by atoms with Crippen LogP contribution in [0.15, 0.2) is 18.2 Å². The summed E-state index contributed by atoms with van der Waals surface area (Å²) in [7, 11) is 0. The molecule has 0 radical (unpaired) electrons. The van der Waals surface area contributed by atoms with Gasteiger partial charge in [-0.05, 0) is 6.07 Å². The smallest absolute Gasteiger partial charge is 0.271 e. The largest absolute Gasteiger partial charge is 0.367 e. The molecule has 1 aromatic carbocycles. The Hall–Kier alpha value is -1.82. The lowest BCUT2D eigenvalue weighted by atomic mass is 10.2. The Balaban J connectivity index is 2.11. The minimum atomic E-state index is -0.469. The number of non-ortho nitro benzene ring substituents is 1. The molecule has 0 aliphatic carbocycles. The van der Waals surface area contributed by atoms with Crippen molar-refractivity contribution in [1.82, 2.24) is 4.90 Å². The Labute approximate surface area is 115 Å². The van der Waals surface area contributed by atoms with Gasteiger partial charge in [-0.15, -0.1) is 0 Å². The number of rotatable bonds is 2. The molecule has 1 amide bonds. The molecule has 2 rings (SSSR count). The second kappa shape index (κ2) is 5.44. The number of hydrogen-bond donors (Lipinski definition) is 0. The number of halogens is 1. The van der Waals surface area contributed by atoms with Gasteiger partial charge < -0.3 is 9.80 Å². The predicted octanol–water partition coefficient (Wildman–Crippen LogP) is 1.92. The zero-order valence-corrected chi connectivity index (χ0v) is 11.3. The normalized spacial score (nSPS) is 15.5. The molecule has 0 aromatic heterocycles. The monoisotopic (exact) mass is 283 g/mol. The number of amides is 1. The van der Waals surface area contributed by atoms with Crippen molar-refractivity contribution in [3.8, 4) is 0 Å². The van der Waals surface area contributed by atoms with Crippen LogP contribution < -0.4 is 4.90 Å². The molecule has 1 aliphatic heterocycles. The van der Waals surface area contributed by atoms with E-state index in [-0.39, 0.29) is 11.6 Å². The Morgan fingerprint density at radius 3 is 2.42 bits per heavy atom. The molecule has 0 unspecified atom stereocenters. The van der Waals surface area contributed by atoms with Crippen molar-refractivity contribution in [3.05, 3.63) is 33.3 Å². The van der Waals surface area contributed by atoms with E-state index in [2.05, 4.69) is 0 Å². The molecule has 19 heavy (non-hydrogen) atoms. The molecule has 1 fully saturated rings. The fourth-order valence-corrected chi connectivity index (χ4v) is 2.42. The third-order valence-electron chi connectivity index (χ3n) is 3.21. The lowest BCUT2D eigenvalue weighted by molar-refractivity contribution is -0.384. The maximum Gasteiger partial charge on any atom is 0.271 e. The number of hydrogen-bond acceptors (Lipinski definition) is 4. The van der Waals surface area contributed by atoms with E-state index in [0.717, 1.165) is 5.69 Å². The van der Waals surface area contributed by atoms with Crippen LogP contribution in [-0.2, 0) is 4.79 Å². The average Bonchev–Trinajstić information content (AvgIpc) is 2.38. The standard InChI is InChI=1S/C12H14ClN3O3/c1-9(17)14-4-6-15(7-5-14)12-3-2-10(16(18)19)8-11(12)13/h2-3,8H,4-7H2,1H3. The molecule has 1 heterocycles. The van der Waals surface area contributed by atoms with Gasteiger partial charge in [0.15, 0.2) is 0 Å². The molecule has 0 spiro atoms. The maximum absolute atomic E-state index is 11.2. The SMILES string of the molecule is CC(=O)N1CCN(c2ccc([N+](=O)[O-])cc2Cl)CC1. The Morgan fingerprint density at radius 2 is 1.95 bits per heavy atom. The quantitative estimate of drug-likeness (QED) is 0.614. The average molecular weight is 284 g/mol. The van der Waals surface area contributed by atoms with Gasteiger partial charge in [-0.25, -0.2) is 0 Å². The van der Waals surface area contributed by atoms with Gasteiger partial charge in [0.05, 0.1) is 15.6 Å². The number of carbonyl (C=O) groups is 1. The highest BCUT2D eigenvalue weighted by atomic mass is 35.5. The lowest BCUT2D eigenvalue weighted by Gasteiger charge is -2.35. The number of nitro groups is 1. The molecular formula is C12H14ClN3O3. The van der Waals surface area contributed by atoms with Gasteiger partial charge in [0.25, 0.3) is 5.69 Å². The topological polar surface area (TPSA) is 66.7 Å². The van der Waals surface area contributed by atoms with Crippen molar-refractivity contribution in [1.29, 1.82) is 0 Å². The minimum absolute atomic E-state index is 0.0175. The molecule has 0 saturated carbocycles. The third-order valence-corrected chi connectivity index (χ3v) is 3.51. The first-order valence-corrected chi connectivity index (χ1v) is 6.31. The number of carbonyl (C=O) groups excluding carboxylic acids is 1. The number of anilines is 1. The van der Waals surface area contributed by atoms with Crippen molar-refractivity contribution in [3.63, 3.8) is 0 Å². The Bertz CT molecular complexity index is 513. The van der Waals surface area contributed by atoms with Gasteiger partial charge in [0.1, 0.15) is 0 Å². The summed E-state index contributed by atoms with van der Waals surface area (Å²) in [5, 5.41) is 11.0. The highest BCUT2D eigenvalue weighted by Crippen LogP contribution is 2.30. The fourth-order valence-electron chi connectivity index (χ4n) is 2.13. The Morgan fingerprint density at radius 1 is 1.32 bits per heavy atom. The van der Waals surface area contributed by atoms with E-state index in [4.69, 9.17) is 11.6 Å². The molecule has 7 heteroatoms. The van der Waals surface area contributed by atoms with Crippen LogP contribution in [0.3, 0.4) is 0 Å². The van der Waals surface area contributed by atoms with Crippen LogP contribution in [0.5, 0.6) is 0 Å². The summed E-state index contributed by atoms with van der Waals surface area (Å²) in [6.07, 6.45) is 0. The minimum Gasteiger partial charge on any atom is -0.367 e. The summed E-state index contributed by atoms with van der Waals surface area (Å²) in [5.74, 6) is 0.0643. The van der Waals surface area contributed by atoms with E-state index in [1.165, 1.54) is 12.1 Å². The van der Waals surface area contributed by atoms with Gasteiger partial charge in [0.2, 0.25) is 5.91 Å². The molecular weight excluding hydrogens is 270 g/mol. The zero-order valence-electron chi connectivity index (χ0n) is 10.5. The van der Waals surface area contributed by atoms with Crippen LogP contribution in [0.1, 0.15) is 6.92 Å². The van der Waals surface area contributed by atoms with E-state index < -0.39 is 4.92 Å². The first-order chi connectivity index (χ1) is 8.99. The molecule has 0 N–H and O–H groups in total. The fraction of sp³-hybridized carbons (Fsp3) is 0.417. The van der Waals surface area contributed by atoms with Crippen molar-refractivity contribution in [2.45, 2.75) is 6.92 Å². The summed E-state index contributed by atoms with van der Waals surface area (Å²) in [5.41, 5.74) is 0.756. The lowest BCUT2D eigenvalue weighted by Crippen LogP contribution is -2.48. The van der Waals surface area contributed by atoms with Gasteiger partial charge in [-0.2, -0.15) is 0 Å². The van der Waals surface area contributed by atoms with Crippen LogP contribution in [0.25, 0.3) is 0 Å². The first kappa shape index (κ1) is 13.6. The molecule has 102 valence electrons. The number of piperazine rings is 1. The summed E-state index contributed by atoms with van der Waals surface area (Å²) in [4.78, 5) is 25.2. The van der Waals surface area contributed by atoms with E-state index in [0.29, 0.717) is 31.2 Å². The maximum atomic E-state index is 11.2. The molecule has 1 saturated heterocycles. The van der Waals surface area contributed by atoms with Crippen LogP contribution in [0, 0.1) is 10.1 Å². The molecule has 0 bridgehead atoms. The van der Waals surface area contributed by atoms with Gasteiger partial charge in [0, 0.05) is 45.2 Å². The third kappa shape index (κ3) is 2.96. The number of nitrogens with zero attached hydrogens (tertiary/aromatic N) is 3. The van der Waals surface area contributed by atoms with Gasteiger partial charge >= 0.3 is 0 Å².